The topological polar surface area (TPSA) is 78.4 Å². The number of rotatable bonds is 3. The minimum absolute atomic E-state index is 0.0186. The van der Waals surface area contributed by atoms with E-state index in [2.05, 4.69) is 10.6 Å². The number of aromatic carboxylic acids is 1. The minimum Gasteiger partial charge on any atom is -0.478 e. The highest BCUT2D eigenvalue weighted by atomic mass is 32.1. The second kappa shape index (κ2) is 4.97. The lowest BCUT2D eigenvalue weighted by atomic mass is 10.1. The number of amides is 2. The summed E-state index contributed by atoms with van der Waals surface area (Å²) in [5.41, 5.74) is 1.17. The van der Waals surface area contributed by atoms with Crippen molar-refractivity contribution in [1.29, 1.82) is 0 Å². The molecule has 98 valence electrons. The number of anilines is 1. The molecule has 1 heterocycles. The molecule has 0 aliphatic heterocycles. The lowest BCUT2D eigenvalue weighted by Gasteiger charge is -2.09. The first-order chi connectivity index (χ1) is 8.49. The van der Waals surface area contributed by atoms with Crippen LogP contribution < -0.4 is 10.6 Å². The van der Waals surface area contributed by atoms with E-state index < -0.39 is 5.97 Å². The van der Waals surface area contributed by atoms with Crippen LogP contribution in [0.1, 0.15) is 41.1 Å². The summed E-state index contributed by atoms with van der Waals surface area (Å²) < 4.78 is 0. The van der Waals surface area contributed by atoms with Gasteiger partial charge in [-0.15, -0.1) is 11.3 Å². The zero-order valence-corrected chi connectivity index (χ0v) is 11.2. The summed E-state index contributed by atoms with van der Waals surface area (Å²) in [4.78, 5) is 24.0. The van der Waals surface area contributed by atoms with Crippen LogP contribution in [0.25, 0.3) is 0 Å². The van der Waals surface area contributed by atoms with Gasteiger partial charge >= 0.3 is 12.0 Å². The molecule has 2 amide bonds. The van der Waals surface area contributed by atoms with Gasteiger partial charge < -0.3 is 10.4 Å². The standard InChI is InChI=1S/C12H16N2O3S/c1-6(2)13-12(17)14-10-9(11(15)16)7-4-3-5-8(7)18-10/h6H,3-5H2,1-2H3,(H,15,16)(H2,13,14,17). The van der Waals surface area contributed by atoms with E-state index in [9.17, 15) is 14.7 Å². The molecule has 0 atom stereocenters. The van der Waals surface area contributed by atoms with Gasteiger partial charge in [0.2, 0.25) is 0 Å². The fourth-order valence-corrected chi connectivity index (χ4v) is 3.40. The molecular formula is C12H16N2O3S. The van der Waals surface area contributed by atoms with Gasteiger partial charge in [0.1, 0.15) is 5.00 Å². The van der Waals surface area contributed by atoms with Gasteiger partial charge in [0.25, 0.3) is 0 Å². The van der Waals surface area contributed by atoms with E-state index in [-0.39, 0.29) is 17.6 Å². The first-order valence-corrected chi connectivity index (χ1v) is 6.76. The number of aryl methyl sites for hydroxylation is 1. The van der Waals surface area contributed by atoms with E-state index in [0.717, 1.165) is 29.7 Å². The van der Waals surface area contributed by atoms with Gasteiger partial charge in [0.05, 0.1) is 5.56 Å². The average Bonchev–Trinajstić information content (AvgIpc) is 2.74. The first kappa shape index (κ1) is 12.9. The monoisotopic (exact) mass is 268 g/mol. The molecule has 1 aliphatic rings. The fourth-order valence-electron chi connectivity index (χ4n) is 2.12. The molecule has 0 spiro atoms. The number of nitrogens with one attached hydrogen (secondary N) is 2. The maximum atomic E-state index is 11.6. The quantitative estimate of drug-likeness (QED) is 0.788. The van der Waals surface area contributed by atoms with Crippen molar-refractivity contribution in [2.75, 3.05) is 5.32 Å². The van der Waals surface area contributed by atoms with Crippen molar-refractivity contribution in [3.63, 3.8) is 0 Å². The number of urea groups is 1. The molecule has 1 aliphatic carbocycles. The number of hydrogen-bond donors (Lipinski definition) is 3. The third-order valence-corrected chi connectivity index (χ3v) is 3.99. The lowest BCUT2D eigenvalue weighted by molar-refractivity contribution is 0.0697. The van der Waals surface area contributed by atoms with Gasteiger partial charge in [-0.2, -0.15) is 0 Å². The Morgan fingerprint density at radius 2 is 2.06 bits per heavy atom. The molecule has 0 saturated carbocycles. The van der Waals surface area contributed by atoms with Crippen molar-refractivity contribution in [2.45, 2.75) is 39.2 Å². The Balaban J connectivity index is 2.23. The Bertz CT molecular complexity index is 494. The summed E-state index contributed by atoms with van der Waals surface area (Å²) in [6.07, 6.45) is 2.70. The molecule has 18 heavy (non-hydrogen) atoms. The molecule has 1 aromatic rings. The summed E-state index contributed by atoms with van der Waals surface area (Å²) in [5.74, 6) is -0.964. The Morgan fingerprint density at radius 1 is 1.33 bits per heavy atom. The molecule has 0 saturated heterocycles. The Hall–Kier alpha value is -1.56. The normalized spacial score (nSPS) is 13.5. The predicted molar refractivity (Wildman–Crippen MR) is 70.6 cm³/mol. The number of carboxylic acid groups (broad SMARTS) is 1. The maximum Gasteiger partial charge on any atom is 0.339 e. The zero-order chi connectivity index (χ0) is 13.3. The van der Waals surface area contributed by atoms with Crippen molar-refractivity contribution < 1.29 is 14.7 Å². The SMILES string of the molecule is CC(C)NC(=O)Nc1sc2c(c1C(=O)O)CCC2. The molecule has 6 heteroatoms. The van der Waals surface area contributed by atoms with Crippen molar-refractivity contribution in [3.05, 3.63) is 16.0 Å². The van der Waals surface area contributed by atoms with Crippen molar-refractivity contribution in [1.82, 2.24) is 5.32 Å². The Labute approximate surface area is 109 Å². The largest absolute Gasteiger partial charge is 0.478 e. The van der Waals surface area contributed by atoms with Crippen LogP contribution in [0.3, 0.4) is 0 Å². The summed E-state index contributed by atoms with van der Waals surface area (Å²) >= 11 is 1.38. The number of fused-ring (bicyclic) bond motifs is 1. The van der Waals surface area contributed by atoms with E-state index >= 15 is 0 Å². The van der Waals surface area contributed by atoms with Crippen LogP contribution in [0.2, 0.25) is 0 Å². The summed E-state index contributed by atoms with van der Waals surface area (Å²) in [7, 11) is 0. The average molecular weight is 268 g/mol. The number of hydrogen-bond acceptors (Lipinski definition) is 3. The van der Waals surface area contributed by atoms with Crippen LogP contribution in [-0.2, 0) is 12.8 Å². The molecule has 5 nitrogen and oxygen atoms in total. The van der Waals surface area contributed by atoms with Gasteiger partial charge in [0.15, 0.2) is 0 Å². The molecular weight excluding hydrogens is 252 g/mol. The second-order valence-corrected chi connectivity index (χ2v) is 5.72. The van der Waals surface area contributed by atoms with Gasteiger partial charge in [-0.1, -0.05) is 0 Å². The lowest BCUT2D eigenvalue weighted by Crippen LogP contribution is -2.34. The van der Waals surface area contributed by atoms with Gasteiger partial charge in [0, 0.05) is 10.9 Å². The molecule has 0 unspecified atom stereocenters. The smallest absolute Gasteiger partial charge is 0.339 e. The third kappa shape index (κ3) is 2.48. The van der Waals surface area contributed by atoms with E-state index in [0.29, 0.717) is 5.00 Å². The van der Waals surface area contributed by atoms with Crippen LogP contribution in [0.15, 0.2) is 0 Å². The second-order valence-electron chi connectivity index (χ2n) is 4.62. The molecule has 2 rings (SSSR count). The molecule has 1 aromatic heterocycles. The number of carbonyl (C=O) groups excluding carboxylic acids is 1. The van der Waals surface area contributed by atoms with Crippen LogP contribution in [0.4, 0.5) is 9.80 Å². The maximum absolute atomic E-state index is 11.6. The number of carboxylic acids is 1. The Morgan fingerprint density at radius 3 is 2.67 bits per heavy atom. The van der Waals surface area contributed by atoms with Crippen LogP contribution >= 0.6 is 11.3 Å². The summed E-state index contributed by atoms with van der Waals surface area (Å²) in [6, 6.07) is -0.336. The Kier molecular flexibility index (Phi) is 3.56. The van der Waals surface area contributed by atoms with Gasteiger partial charge in [-0.05, 0) is 38.7 Å². The zero-order valence-electron chi connectivity index (χ0n) is 10.4. The molecule has 0 aromatic carbocycles. The van der Waals surface area contributed by atoms with E-state index in [1.54, 1.807) is 0 Å². The number of thiophene rings is 1. The first-order valence-electron chi connectivity index (χ1n) is 5.94. The van der Waals surface area contributed by atoms with Crippen molar-refractivity contribution in [3.8, 4) is 0 Å². The minimum atomic E-state index is -0.964. The van der Waals surface area contributed by atoms with Crippen LogP contribution in [-0.4, -0.2) is 23.1 Å². The molecule has 0 radical (unpaired) electrons. The van der Waals surface area contributed by atoms with Crippen molar-refractivity contribution >= 4 is 28.3 Å². The van der Waals surface area contributed by atoms with Crippen molar-refractivity contribution in [2.24, 2.45) is 0 Å². The summed E-state index contributed by atoms with van der Waals surface area (Å²) in [6.45, 7) is 3.71. The third-order valence-electron chi connectivity index (χ3n) is 2.78. The van der Waals surface area contributed by atoms with E-state index in [1.807, 2.05) is 13.8 Å². The molecule has 0 bridgehead atoms. The van der Waals surface area contributed by atoms with Crippen LogP contribution in [0, 0.1) is 0 Å². The van der Waals surface area contributed by atoms with E-state index in [1.165, 1.54) is 11.3 Å². The number of carbonyl (C=O) groups is 2. The van der Waals surface area contributed by atoms with Crippen LogP contribution in [0.5, 0.6) is 0 Å². The summed E-state index contributed by atoms with van der Waals surface area (Å²) in [5, 5.41) is 15.0. The predicted octanol–water partition coefficient (Wildman–Crippen LogP) is 2.46. The molecule has 0 fully saturated rings. The highest BCUT2D eigenvalue weighted by Crippen LogP contribution is 2.38. The fraction of sp³-hybridized carbons (Fsp3) is 0.500. The molecule has 3 N–H and O–H groups in total. The highest BCUT2D eigenvalue weighted by molar-refractivity contribution is 7.17. The highest BCUT2D eigenvalue weighted by Gasteiger charge is 2.27. The van der Waals surface area contributed by atoms with Gasteiger partial charge in [-0.3, -0.25) is 5.32 Å². The van der Waals surface area contributed by atoms with E-state index in [4.69, 9.17) is 0 Å². The van der Waals surface area contributed by atoms with Gasteiger partial charge in [-0.25, -0.2) is 9.59 Å².